The van der Waals surface area contributed by atoms with E-state index in [4.69, 9.17) is 4.74 Å². The first-order chi connectivity index (χ1) is 17.3. The van der Waals surface area contributed by atoms with Gasteiger partial charge < -0.3 is 9.64 Å². The number of amides is 2. The van der Waals surface area contributed by atoms with Crippen molar-refractivity contribution < 1.29 is 36.4 Å². The molecule has 1 aliphatic rings. The molecule has 13 heteroatoms. The second-order valence-electron chi connectivity index (χ2n) is 9.11. The van der Waals surface area contributed by atoms with Crippen LogP contribution in [0.15, 0.2) is 58.3 Å². The van der Waals surface area contributed by atoms with E-state index in [1.807, 2.05) is 0 Å². The van der Waals surface area contributed by atoms with Crippen molar-refractivity contribution in [1.29, 1.82) is 0 Å². The Balaban J connectivity index is 1.90. The van der Waals surface area contributed by atoms with E-state index in [0.29, 0.717) is 24.3 Å². The van der Waals surface area contributed by atoms with Gasteiger partial charge >= 0.3 is 0 Å². The summed E-state index contributed by atoms with van der Waals surface area (Å²) in [5.74, 6) is -0.466. The fourth-order valence-corrected chi connectivity index (χ4v) is 6.76. The Morgan fingerprint density at radius 2 is 1.41 bits per heavy atom. The first-order valence-electron chi connectivity index (χ1n) is 11.6. The fourth-order valence-electron chi connectivity index (χ4n) is 4.34. The van der Waals surface area contributed by atoms with E-state index in [0.717, 1.165) is 10.6 Å². The Bertz CT molecular complexity index is 1330. The Hall–Kier alpha value is -3.00. The van der Waals surface area contributed by atoms with Crippen LogP contribution in [-0.4, -0.2) is 75.5 Å². The average molecular weight is 554 g/mol. The van der Waals surface area contributed by atoms with Gasteiger partial charge in [0.05, 0.1) is 9.79 Å². The number of nitrogens with one attached hydrogen (secondary N) is 1. The zero-order valence-corrected chi connectivity index (χ0v) is 22.5. The quantitative estimate of drug-likeness (QED) is 0.336. The lowest BCUT2D eigenvalue weighted by Crippen LogP contribution is -2.59. The molecule has 2 N–H and O–H groups in total. The summed E-state index contributed by atoms with van der Waals surface area (Å²) in [4.78, 5) is 26.4. The van der Waals surface area contributed by atoms with Crippen molar-refractivity contribution in [2.75, 3.05) is 26.9 Å². The van der Waals surface area contributed by atoms with Crippen molar-refractivity contribution >= 4 is 31.7 Å². The van der Waals surface area contributed by atoms with Crippen molar-refractivity contribution in [3.05, 3.63) is 48.5 Å². The van der Waals surface area contributed by atoms with E-state index in [2.05, 4.69) is 0 Å². The number of carbonyl (C=O) groups excluding carboxylic acids is 2. The van der Waals surface area contributed by atoms with Crippen molar-refractivity contribution in [3.8, 4) is 11.5 Å². The number of sulfone groups is 1. The van der Waals surface area contributed by atoms with Crippen LogP contribution in [0.4, 0.5) is 0 Å². The molecule has 0 aromatic heterocycles. The molecule has 0 aliphatic heterocycles. The predicted molar refractivity (Wildman–Crippen MR) is 134 cm³/mol. The molecular formula is C24H31N3O8S2. The SMILES string of the molecule is CN(C)C(=O)CCN(C1(C(=O)NO)CCCC1)S(=O)(=O)c1ccc(Oc2ccc(S(C)(=O)=O)cc2)cc1. The van der Waals surface area contributed by atoms with Crippen molar-refractivity contribution in [2.24, 2.45) is 0 Å². The average Bonchev–Trinajstić information content (AvgIpc) is 3.34. The van der Waals surface area contributed by atoms with Crippen LogP contribution in [0.3, 0.4) is 0 Å². The molecule has 0 bridgehead atoms. The third-order valence-electron chi connectivity index (χ3n) is 6.36. The van der Waals surface area contributed by atoms with Crippen molar-refractivity contribution in [2.45, 2.75) is 47.4 Å². The maximum atomic E-state index is 13.8. The van der Waals surface area contributed by atoms with Crippen LogP contribution in [-0.2, 0) is 29.4 Å². The molecule has 0 atom stereocenters. The monoisotopic (exact) mass is 553 g/mol. The van der Waals surface area contributed by atoms with Gasteiger partial charge in [0.1, 0.15) is 17.0 Å². The minimum absolute atomic E-state index is 0.110. The summed E-state index contributed by atoms with van der Waals surface area (Å²) < 4.78 is 57.5. The Labute approximate surface area is 217 Å². The lowest BCUT2D eigenvalue weighted by atomic mass is 9.96. The third-order valence-corrected chi connectivity index (χ3v) is 9.47. The zero-order chi connectivity index (χ0) is 27.4. The van der Waals surface area contributed by atoms with E-state index in [-0.39, 0.29) is 41.5 Å². The molecule has 11 nitrogen and oxygen atoms in total. The van der Waals surface area contributed by atoms with Gasteiger partial charge in [-0.3, -0.25) is 14.8 Å². The molecule has 1 aliphatic carbocycles. The normalized spacial score (nSPS) is 15.4. The number of carbonyl (C=O) groups is 2. The first kappa shape index (κ1) is 28.6. The first-order valence-corrected chi connectivity index (χ1v) is 14.9. The molecule has 0 radical (unpaired) electrons. The summed E-state index contributed by atoms with van der Waals surface area (Å²) in [5.41, 5.74) is 0.0966. The summed E-state index contributed by atoms with van der Waals surface area (Å²) >= 11 is 0. The van der Waals surface area contributed by atoms with Crippen LogP contribution in [0.2, 0.25) is 0 Å². The molecule has 1 saturated carbocycles. The van der Waals surface area contributed by atoms with Gasteiger partial charge in [-0.2, -0.15) is 4.31 Å². The van der Waals surface area contributed by atoms with Gasteiger partial charge in [0.25, 0.3) is 5.91 Å². The largest absolute Gasteiger partial charge is 0.457 e. The van der Waals surface area contributed by atoms with Crippen molar-refractivity contribution in [1.82, 2.24) is 14.7 Å². The number of hydroxylamine groups is 1. The van der Waals surface area contributed by atoms with Gasteiger partial charge in [-0.05, 0) is 61.4 Å². The molecule has 0 unspecified atom stereocenters. The Kier molecular flexibility index (Phi) is 8.63. The summed E-state index contributed by atoms with van der Waals surface area (Å²) in [6.45, 7) is -0.238. The van der Waals surface area contributed by atoms with E-state index in [1.54, 1.807) is 19.6 Å². The lowest BCUT2D eigenvalue weighted by Gasteiger charge is -2.38. The van der Waals surface area contributed by atoms with E-state index >= 15 is 0 Å². The maximum absolute atomic E-state index is 13.8. The maximum Gasteiger partial charge on any atom is 0.264 e. The highest BCUT2D eigenvalue weighted by Gasteiger charge is 2.51. The highest BCUT2D eigenvalue weighted by molar-refractivity contribution is 7.90. The molecule has 2 amide bonds. The number of sulfonamides is 1. The standard InChI is InChI=1S/C24H31N3O8S2/c1-26(2)22(28)14-17-27(24(23(29)25-30)15-4-5-16-24)37(33,34)21-12-8-19(9-13-21)35-18-6-10-20(11-7-18)36(3,31)32/h6-13,30H,4-5,14-17H2,1-3H3,(H,25,29). The van der Waals surface area contributed by atoms with Crippen LogP contribution in [0.1, 0.15) is 32.1 Å². The van der Waals surface area contributed by atoms with Gasteiger partial charge in [0.2, 0.25) is 15.9 Å². The predicted octanol–water partition coefficient (Wildman–Crippen LogP) is 2.17. The number of hydrogen-bond donors (Lipinski definition) is 2. The topological polar surface area (TPSA) is 150 Å². The molecule has 2 aromatic carbocycles. The number of benzene rings is 2. The summed E-state index contributed by atoms with van der Waals surface area (Å²) in [6, 6.07) is 11.3. The van der Waals surface area contributed by atoms with Crippen LogP contribution in [0.5, 0.6) is 11.5 Å². The zero-order valence-electron chi connectivity index (χ0n) is 20.9. The van der Waals surface area contributed by atoms with Crippen LogP contribution in [0.25, 0.3) is 0 Å². The van der Waals surface area contributed by atoms with E-state index in [9.17, 15) is 31.6 Å². The third kappa shape index (κ3) is 6.29. The molecular weight excluding hydrogens is 522 g/mol. The van der Waals surface area contributed by atoms with E-state index in [1.165, 1.54) is 53.4 Å². The van der Waals surface area contributed by atoms with Gasteiger partial charge in [-0.25, -0.2) is 22.3 Å². The molecule has 37 heavy (non-hydrogen) atoms. The molecule has 0 saturated heterocycles. The minimum Gasteiger partial charge on any atom is -0.457 e. The minimum atomic E-state index is -4.26. The van der Waals surface area contributed by atoms with Gasteiger partial charge in [0, 0.05) is 33.3 Å². The smallest absolute Gasteiger partial charge is 0.264 e. The molecule has 202 valence electrons. The molecule has 1 fully saturated rings. The summed E-state index contributed by atoms with van der Waals surface area (Å²) in [5, 5.41) is 9.40. The van der Waals surface area contributed by atoms with Gasteiger partial charge in [-0.1, -0.05) is 12.8 Å². The second-order valence-corrected chi connectivity index (χ2v) is 13.0. The number of ether oxygens (including phenoxy) is 1. The lowest BCUT2D eigenvalue weighted by molar-refractivity contribution is -0.140. The molecule has 0 spiro atoms. The Morgan fingerprint density at radius 1 is 0.919 bits per heavy atom. The number of hydrogen-bond acceptors (Lipinski definition) is 8. The number of nitrogens with zero attached hydrogens (tertiary/aromatic N) is 2. The molecule has 3 rings (SSSR count). The van der Waals surface area contributed by atoms with Crippen molar-refractivity contribution in [3.63, 3.8) is 0 Å². The van der Waals surface area contributed by atoms with Gasteiger partial charge in [0.15, 0.2) is 9.84 Å². The molecule has 2 aromatic rings. The van der Waals surface area contributed by atoms with Crippen LogP contribution < -0.4 is 10.2 Å². The van der Waals surface area contributed by atoms with Gasteiger partial charge in [-0.15, -0.1) is 0 Å². The Morgan fingerprint density at radius 3 is 1.84 bits per heavy atom. The fraction of sp³-hybridized carbons (Fsp3) is 0.417. The van der Waals surface area contributed by atoms with Crippen LogP contribution in [0, 0.1) is 0 Å². The summed E-state index contributed by atoms with van der Waals surface area (Å²) in [7, 11) is -4.50. The summed E-state index contributed by atoms with van der Waals surface area (Å²) in [6.07, 6.45) is 2.55. The second kappa shape index (κ2) is 11.2. The van der Waals surface area contributed by atoms with Crippen LogP contribution >= 0.6 is 0 Å². The molecule has 0 heterocycles. The number of rotatable bonds is 10. The highest BCUT2D eigenvalue weighted by atomic mass is 32.2. The highest BCUT2D eigenvalue weighted by Crippen LogP contribution is 2.39. The van der Waals surface area contributed by atoms with E-state index < -0.39 is 31.3 Å².